The summed E-state index contributed by atoms with van der Waals surface area (Å²) in [4.78, 5) is 21.3. The molecule has 0 bridgehead atoms. The van der Waals surface area contributed by atoms with E-state index in [0.29, 0.717) is 29.6 Å². The first kappa shape index (κ1) is 23.3. The van der Waals surface area contributed by atoms with Gasteiger partial charge in [-0.2, -0.15) is 5.10 Å². The van der Waals surface area contributed by atoms with Crippen molar-refractivity contribution < 1.29 is 9.53 Å². The van der Waals surface area contributed by atoms with Crippen molar-refractivity contribution in [1.82, 2.24) is 30.4 Å². The quantitative estimate of drug-likeness (QED) is 0.481. The Labute approximate surface area is 198 Å². The van der Waals surface area contributed by atoms with Crippen LogP contribution in [0.15, 0.2) is 24.3 Å². The van der Waals surface area contributed by atoms with Crippen LogP contribution < -0.4 is 16.0 Å². The fourth-order valence-electron chi connectivity index (χ4n) is 4.29. The van der Waals surface area contributed by atoms with Crippen LogP contribution in [0.4, 0.5) is 10.6 Å². The third-order valence-corrected chi connectivity index (χ3v) is 6.05. The van der Waals surface area contributed by atoms with E-state index in [1.54, 1.807) is 11.8 Å². The molecule has 2 heterocycles. The molecule has 1 aliphatic rings. The number of hydrogen-bond acceptors (Lipinski definition) is 6. The van der Waals surface area contributed by atoms with Crippen LogP contribution in [0.1, 0.15) is 44.1 Å². The fraction of sp³-hybridized carbons (Fsp3) is 0.478. The van der Waals surface area contributed by atoms with E-state index in [2.05, 4.69) is 16.0 Å². The van der Waals surface area contributed by atoms with Crippen LogP contribution in [-0.2, 0) is 11.3 Å². The average molecular weight is 472 g/mol. The van der Waals surface area contributed by atoms with Crippen LogP contribution in [0, 0.1) is 6.92 Å². The Bertz CT molecular complexity index is 1130. The molecule has 0 spiro atoms. The minimum Gasteiger partial charge on any atom is -0.377 e. The van der Waals surface area contributed by atoms with Gasteiger partial charge in [-0.05, 0) is 57.7 Å². The van der Waals surface area contributed by atoms with E-state index in [9.17, 15) is 4.79 Å². The highest BCUT2D eigenvalue weighted by atomic mass is 35.5. The zero-order valence-electron chi connectivity index (χ0n) is 19.2. The number of methoxy groups -OCH3 is 1. The van der Waals surface area contributed by atoms with Crippen molar-refractivity contribution >= 4 is 34.5 Å². The Morgan fingerprint density at radius 2 is 1.97 bits per heavy atom. The molecule has 1 aromatic carbocycles. The summed E-state index contributed by atoms with van der Waals surface area (Å²) < 4.78 is 7.12. The fourth-order valence-corrected chi connectivity index (χ4v) is 4.47. The molecule has 3 aromatic rings. The maximum atomic E-state index is 11.8. The predicted octanol–water partition coefficient (Wildman–Crippen LogP) is 3.97. The zero-order valence-corrected chi connectivity index (χ0v) is 19.9. The van der Waals surface area contributed by atoms with Gasteiger partial charge in [0.2, 0.25) is 0 Å². The van der Waals surface area contributed by atoms with Gasteiger partial charge in [0.1, 0.15) is 12.4 Å². The highest BCUT2D eigenvalue weighted by Crippen LogP contribution is 2.30. The number of urea groups is 1. The van der Waals surface area contributed by atoms with Crippen molar-refractivity contribution in [3.63, 3.8) is 0 Å². The molecule has 9 nitrogen and oxygen atoms in total. The molecule has 2 amide bonds. The predicted molar refractivity (Wildman–Crippen MR) is 129 cm³/mol. The second-order valence-electron chi connectivity index (χ2n) is 8.29. The maximum absolute atomic E-state index is 11.8. The van der Waals surface area contributed by atoms with Crippen molar-refractivity contribution in [2.75, 3.05) is 19.0 Å². The number of amides is 2. The average Bonchev–Trinajstić information content (AvgIpc) is 3.12. The van der Waals surface area contributed by atoms with Crippen molar-refractivity contribution in [2.45, 2.75) is 58.2 Å². The summed E-state index contributed by atoms with van der Waals surface area (Å²) in [5.41, 5.74) is 2.39. The van der Waals surface area contributed by atoms with Gasteiger partial charge in [-0.3, -0.25) is 0 Å². The number of hydrogen-bond donors (Lipinski definition) is 3. The van der Waals surface area contributed by atoms with Gasteiger partial charge in [-0.15, -0.1) is 0 Å². The number of halogens is 1. The highest BCUT2D eigenvalue weighted by Gasteiger charge is 2.25. The molecule has 1 aliphatic carbocycles. The number of aryl methyl sites for hydroxylation is 1. The molecular formula is C23H30ClN7O2. The lowest BCUT2D eigenvalue weighted by Gasteiger charge is -2.30. The number of fused-ring (bicyclic) bond motifs is 1. The van der Waals surface area contributed by atoms with Crippen LogP contribution in [0.2, 0.25) is 5.02 Å². The van der Waals surface area contributed by atoms with Gasteiger partial charge in [0.25, 0.3) is 0 Å². The third-order valence-electron chi connectivity index (χ3n) is 5.82. The summed E-state index contributed by atoms with van der Waals surface area (Å²) in [6, 6.07) is 7.88. The van der Waals surface area contributed by atoms with E-state index in [-0.39, 0.29) is 18.1 Å². The summed E-state index contributed by atoms with van der Waals surface area (Å²) in [5, 5.41) is 15.7. The minimum absolute atomic E-state index is 0.0975. The molecule has 176 valence electrons. The smallest absolute Gasteiger partial charge is 0.314 e. The Kier molecular flexibility index (Phi) is 7.29. The number of nitrogens with zero attached hydrogens (tertiary/aromatic N) is 4. The normalized spacial score (nSPS) is 18.3. The molecule has 2 aromatic heterocycles. The topological polar surface area (TPSA) is 106 Å². The van der Waals surface area contributed by atoms with Crippen molar-refractivity contribution in [2.24, 2.45) is 0 Å². The number of ether oxygens (including phenoxy) is 1. The molecule has 10 heteroatoms. The first-order valence-electron chi connectivity index (χ1n) is 11.3. The van der Waals surface area contributed by atoms with E-state index in [1.165, 1.54) is 0 Å². The molecule has 0 atom stereocenters. The van der Waals surface area contributed by atoms with Gasteiger partial charge in [-0.25, -0.2) is 19.4 Å². The molecule has 1 fully saturated rings. The van der Waals surface area contributed by atoms with E-state index in [1.807, 2.05) is 38.1 Å². The molecular weight excluding hydrogens is 442 g/mol. The molecule has 0 radical (unpaired) electrons. The minimum atomic E-state index is -0.0975. The van der Waals surface area contributed by atoms with Crippen LogP contribution in [-0.4, -0.2) is 51.5 Å². The lowest BCUT2D eigenvalue weighted by molar-refractivity contribution is 0.178. The maximum Gasteiger partial charge on any atom is 0.314 e. The molecule has 1 saturated carbocycles. The number of carbonyl (C=O) groups excluding carboxylic acids is 1. The van der Waals surface area contributed by atoms with Crippen LogP contribution >= 0.6 is 11.6 Å². The summed E-state index contributed by atoms with van der Waals surface area (Å²) in [6.07, 6.45) is 3.69. The summed E-state index contributed by atoms with van der Waals surface area (Å²) >= 11 is 6.22. The number of nitrogens with one attached hydrogen (secondary N) is 3. The van der Waals surface area contributed by atoms with Gasteiger partial charge < -0.3 is 20.7 Å². The molecule has 0 aliphatic heterocycles. The molecule has 0 saturated heterocycles. The van der Waals surface area contributed by atoms with E-state index in [4.69, 9.17) is 31.4 Å². The summed E-state index contributed by atoms with van der Waals surface area (Å²) in [7, 11) is 1.63. The Hall–Kier alpha value is -2.91. The second kappa shape index (κ2) is 10.4. The number of anilines is 1. The number of rotatable bonds is 7. The Morgan fingerprint density at radius 3 is 2.67 bits per heavy atom. The van der Waals surface area contributed by atoms with Gasteiger partial charge in [0, 0.05) is 30.8 Å². The number of benzene rings is 1. The van der Waals surface area contributed by atoms with Crippen LogP contribution in [0.3, 0.4) is 0 Å². The van der Waals surface area contributed by atoms with E-state index in [0.717, 1.165) is 48.3 Å². The van der Waals surface area contributed by atoms with Gasteiger partial charge in [-0.1, -0.05) is 17.7 Å². The first-order chi connectivity index (χ1) is 16.0. The second-order valence-corrected chi connectivity index (χ2v) is 8.73. The summed E-state index contributed by atoms with van der Waals surface area (Å²) in [5.74, 6) is 1.35. The van der Waals surface area contributed by atoms with Crippen molar-refractivity contribution in [3.05, 3.63) is 40.8 Å². The Morgan fingerprint density at radius 1 is 1.21 bits per heavy atom. The van der Waals surface area contributed by atoms with Gasteiger partial charge in [0.05, 0.1) is 16.8 Å². The van der Waals surface area contributed by atoms with Gasteiger partial charge >= 0.3 is 6.03 Å². The number of carbonyl (C=O) groups is 1. The summed E-state index contributed by atoms with van der Waals surface area (Å²) in [6.45, 7) is 4.80. The molecule has 4 rings (SSSR count). The molecule has 0 unspecified atom stereocenters. The lowest BCUT2D eigenvalue weighted by Crippen LogP contribution is -2.44. The SMILES string of the molecule is CCNC(=O)NC1CCC(Nc2nc(COC)nc3c2c(C)nn3-c2cccc(Cl)c2)CC1. The van der Waals surface area contributed by atoms with Crippen LogP contribution in [0.25, 0.3) is 16.7 Å². The van der Waals surface area contributed by atoms with Crippen LogP contribution in [0.5, 0.6) is 0 Å². The van der Waals surface area contributed by atoms with E-state index < -0.39 is 0 Å². The highest BCUT2D eigenvalue weighted by molar-refractivity contribution is 6.30. The molecule has 3 N–H and O–H groups in total. The van der Waals surface area contributed by atoms with E-state index >= 15 is 0 Å². The standard InChI is InChI=1S/C23H30ClN7O2/c1-4-25-23(32)27-17-10-8-16(9-11-17)26-21-20-14(2)30-31(18-7-5-6-15(24)12-18)22(20)29-19(28-21)13-33-3/h5-7,12,16-17H,4,8-11,13H2,1-3H3,(H2,25,27,32)(H,26,28,29). The van der Waals surface area contributed by atoms with Crippen molar-refractivity contribution in [1.29, 1.82) is 0 Å². The first-order valence-corrected chi connectivity index (χ1v) is 11.7. The van der Waals surface area contributed by atoms with Gasteiger partial charge in [0.15, 0.2) is 11.5 Å². The number of aromatic nitrogens is 4. The molecule has 33 heavy (non-hydrogen) atoms. The lowest BCUT2D eigenvalue weighted by atomic mass is 9.91. The zero-order chi connectivity index (χ0) is 23.4. The Balaban J connectivity index is 1.59. The third kappa shape index (κ3) is 5.36. The monoisotopic (exact) mass is 471 g/mol. The largest absolute Gasteiger partial charge is 0.377 e. The van der Waals surface area contributed by atoms with Crippen molar-refractivity contribution in [3.8, 4) is 5.69 Å².